The molecule has 0 aromatic carbocycles. The molecule has 6 atom stereocenters. The first-order valence-electron chi connectivity index (χ1n) is 9.78. The molecule has 2 aliphatic heterocycles. The summed E-state index contributed by atoms with van der Waals surface area (Å²) in [5, 5.41) is 14.4. The summed E-state index contributed by atoms with van der Waals surface area (Å²) in [6, 6.07) is -1.91. The van der Waals surface area contributed by atoms with Crippen LogP contribution in [0.4, 0.5) is 4.79 Å². The van der Waals surface area contributed by atoms with Gasteiger partial charge in [0.15, 0.2) is 12.1 Å². The van der Waals surface area contributed by atoms with Crippen LogP contribution in [0.3, 0.4) is 0 Å². The molecule has 172 valence electrons. The number of rotatable bonds is 7. The minimum absolute atomic E-state index is 0.418. The Kier molecular flexibility index (Phi) is 7.33. The van der Waals surface area contributed by atoms with Gasteiger partial charge in [0.05, 0.1) is 12.5 Å². The number of fused-ring (bicyclic) bond motifs is 1. The van der Waals surface area contributed by atoms with Crippen molar-refractivity contribution in [2.45, 2.75) is 96.0 Å². The van der Waals surface area contributed by atoms with Crippen molar-refractivity contribution < 1.29 is 43.2 Å². The second-order valence-electron chi connectivity index (χ2n) is 8.85. The third-order valence-electron chi connectivity index (χ3n) is 4.54. The van der Waals surface area contributed by atoms with Gasteiger partial charge in [-0.2, -0.15) is 0 Å². The molecule has 0 aromatic rings. The number of carboxylic acids is 1. The van der Waals surface area contributed by atoms with Gasteiger partial charge < -0.3 is 39.4 Å². The highest BCUT2D eigenvalue weighted by Crippen LogP contribution is 2.39. The quantitative estimate of drug-likeness (QED) is 0.531. The van der Waals surface area contributed by atoms with Crippen molar-refractivity contribution in [3.63, 3.8) is 0 Å². The van der Waals surface area contributed by atoms with Crippen LogP contribution in [-0.2, 0) is 33.3 Å². The molecule has 0 bridgehead atoms. The summed E-state index contributed by atoms with van der Waals surface area (Å²) < 4.78 is 28.0. The van der Waals surface area contributed by atoms with Crippen LogP contribution >= 0.6 is 0 Å². The van der Waals surface area contributed by atoms with Crippen molar-refractivity contribution in [1.82, 2.24) is 10.6 Å². The van der Waals surface area contributed by atoms with Gasteiger partial charge in [-0.3, -0.25) is 9.59 Å². The normalized spacial score (nSPS) is 29.6. The highest BCUT2D eigenvalue weighted by molar-refractivity contribution is 5.86. The molecule has 2 saturated heterocycles. The van der Waals surface area contributed by atoms with Gasteiger partial charge in [-0.05, 0) is 41.5 Å². The SMILES string of the molecule is CO[C@@H]1[C@H]2OC(C)(C)O[C@H]2O[C@@H]1[C@@H](CC(=O)O)NC(=O)[C@H](C)NC(=O)OC(C)(C)C. The van der Waals surface area contributed by atoms with Crippen LogP contribution in [0.1, 0.15) is 48.0 Å². The predicted molar refractivity (Wildman–Crippen MR) is 103 cm³/mol. The van der Waals surface area contributed by atoms with E-state index in [4.69, 9.17) is 23.7 Å². The lowest BCUT2D eigenvalue weighted by molar-refractivity contribution is -0.220. The third-order valence-corrected chi connectivity index (χ3v) is 4.54. The molecule has 0 aliphatic carbocycles. The predicted octanol–water partition coefficient (Wildman–Crippen LogP) is 0.751. The number of hydrogen-bond donors (Lipinski definition) is 3. The smallest absolute Gasteiger partial charge is 0.408 e. The second kappa shape index (κ2) is 9.04. The van der Waals surface area contributed by atoms with E-state index in [1.165, 1.54) is 14.0 Å². The topological polar surface area (TPSA) is 142 Å². The van der Waals surface area contributed by atoms with Crippen LogP contribution in [0.25, 0.3) is 0 Å². The number of carbonyl (C=O) groups excluding carboxylic acids is 2. The van der Waals surface area contributed by atoms with Crippen molar-refractivity contribution >= 4 is 18.0 Å². The molecule has 0 saturated carbocycles. The lowest BCUT2D eigenvalue weighted by atomic mass is 10.00. The van der Waals surface area contributed by atoms with E-state index < -0.39 is 72.5 Å². The maximum absolute atomic E-state index is 12.6. The Labute approximate surface area is 175 Å². The Morgan fingerprint density at radius 2 is 1.80 bits per heavy atom. The lowest BCUT2D eigenvalue weighted by Crippen LogP contribution is -2.55. The molecule has 0 unspecified atom stereocenters. The third kappa shape index (κ3) is 6.27. The number of aliphatic carboxylic acids is 1. The van der Waals surface area contributed by atoms with Crippen molar-refractivity contribution in [1.29, 1.82) is 0 Å². The van der Waals surface area contributed by atoms with Crippen molar-refractivity contribution in [3.05, 3.63) is 0 Å². The first-order valence-corrected chi connectivity index (χ1v) is 9.78. The van der Waals surface area contributed by atoms with E-state index in [1.54, 1.807) is 34.6 Å². The molecule has 2 rings (SSSR count). The fourth-order valence-electron chi connectivity index (χ4n) is 3.39. The van der Waals surface area contributed by atoms with Gasteiger partial charge in [0.1, 0.15) is 30.0 Å². The molecular weight excluding hydrogens is 400 g/mol. The molecule has 2 heterocycles. The molecule has 0 radical (unpaired) electrons. The van der Waals surface area contributed by atoms with Gasteiger partial charge in [0.2, 0.25) is 5.91 Å². The average molecular weight is 432 g/mol. The largest absolute Gasteiger partial charge is 0.481 e. The maximum atomic E-state index is 12.6. The van der Waals surface area contributed by atoms with Gasteiger partial charge in [0.25, 0.3) is 0 Å². The van der Waals surface area contributed by atoms with E-state index >= 15 is 0 Å². The summed E-state index contributed by atoms with van der Waals surface area (Å²) >= 11 is 0. The summed E-state index contributed by atoms with van der Waals surface area (Å²) in [4.78, 5) is 35.9. The molecular formula is C19H32N2O9. The fraction of sp³-hybridized carbons (Fsp3) is 0.842. The molecule has 3 N–H and O–H groups in total. The first kappa shape index (κ1) is 24.3. The highest BCUT2D eigenvalue weighted by atomic mass is 16.8. The second-order valence-corrected chi connectivity index (χ2v) is 8.85. The number of alkyl carbamates (subject to hydrolysis) is 1. The van der Waals surface area contributed by atoms with Gasteiger partial charge in [0, 0.05) is 7.11 Å². The van der Waals surface area contributed by atoms with Crippen LogP contribution in [0.15, 0.2) is 0 Å². The van der Waals surface area contributed by atoms with E-state index in [9.17, 15) is 19.5 Å². The Balaban J connectivity index is 2.06. The molecule has 0 aromatic heterocycles. The Hall–Kier alpha value is -1.95. The van der Waals surface area contributed by atoms with Crippen molar-refractivity contribution in [2.75, 3.05) is 7.11 Å². The van der Waals surface area contributed by atoms with Gasteiger partial charge in [-0.15, -0.1) is 0 Å². The number of carboxylic acid groups (broad SMARTS) is 1. The molecule has 0 spiro atoms. The lowest BCUT2D eigenvalue weighted by Gasteiger charge is -2.31. The van der Waals surface area contributed by atoms with Gasteiger partial charge >= 0.3 is 12.1 Å². The summed E-state index contributed by atoms with van der Waals surface area (Å²) in [6.45, 7) is 10.0. The van der Waals surface area contributed by atoms with E-state index in [2.05, 4.69) is 10.6 Å². The van der Waals surface area contributed by atoms with Crippen molar-refractivity contribution in [2.24, 2.45) is 0 Å². The summed E-state index contributed by atoms with van der Waals surface area (Å²) in [6.07, 6.45) is -3.98. The minimum atomic E-state index is -1.13. The zero-order chi connectivity index (χ0) is 22.9. The molecule has 30 heavy (non-hydrogen) atoms. The van der Waals surface area contributed by atoms with Crippen LogP contribution < -0.4 is 10.6 Å². The van der Waals surface area contributed by atoms with E-state index in [1.807, 2.05) is 0 Å². The monoisotopic (exact) mass is 432 g/mol. The van der Waals surface area contributed by atoms with Crippen LogP contribution in [-0.4, -0.2) is 78.3 Å². The fourth-order valence-corrected chi connectivity index (χ4v) is 3.39. The van der Waals surface area contributed by atoms with Crippen LogP contribution in [0, 0.1) is 0 Å². The van der Waals surface area contributed by atoms with E-state index in [0.717, 1.165) is 0 Å². The van der Waals surface area contributed by atoms with Crippen LogP contribution in [0.5, 0.6) is 0 Å². The molecule has 2 fully saturated rings. The average Bonchev–Trinajstić information content (AvgIpc) is 3.02. The Morgan fingerprint density at radius 1 is 1.17 bits per heavy atom. The van der Waals surface area contributed by atoms with Gasteiger partial charge in [-0.1, -0.05) is 0 Å². The molecule has 2 amide bonds. The first-order chi connectivity index (χ1) is 13.7. The summed E-state index contributed by atoms with van der Waals surface area (Å²) in [7, 11) is 1.45. The molecule has 11 nitrogen and oxygen atoms in total. The standard InChI is InChI=1S/C19H32N2O9/c1-9(20-17(25)30-18(2,3)4)15(24)21-10(8-11(22)23)12-13(26-7)14-16(27-12)29-19(5,6)28-14/h9-10,12-14,16H,8H2,1-7H3,(H,20,25)(H,21,24)(H,22,23)/t9-,10+,12+,13-,14+,16+/m0/s1. The minimum Gasteiger partial charge on any atom is -0.481 e. The van der Waals surface area contributed by atoms with Gasteiger partial charge in [-0.25, -0.2) is 4.79 Å². The molecule has 2 aliphatic rings. The van der Waals surface area contributed by atoms with E-state index in [-0.39, 0.29) is 0 Å². The Morgan fingerprint density at radius 3 is 2.33 bits per heavy atom. The Bertz CT molecular complexity index is 661. The van der Waals surface area contributed by atoms with Crippen molar-refractivity contribution in [3.8, 4) is 0 Å². The zero-order valence-corrected chi connectivity index (χ0v) is 18.4. The number of nitrogens with one attached hydrogen (secondary N) is 2. The van der Waals surface area contributed by atoms with E-state index in [0.29, 0.717) is 0 Å². The highest BCUT2D eigenvalue weighted by Gasteiger charge is 2.57. The number of carbonyl (C=O) groups is 3. The summed E-state index contributed by atoms with van der Waals surface area (Å²) in [5.74, 6) is -2.59. The molecule has 11 heteroatoms. The number of ether oxygens (including phenoxy) is 5. The number of methoxy groups -OCH3 is 1. The number of amides is 2. The number of hydrogen-bond acceptors (Lipinski definition) is 8. The van der Waals surface area contributed by atoms with Crippen LogP contribution in [0.2, 0.25) is 0 Å². The summed E-state index contributed by atoms with van der Waals surface area (Å²) in [5.41, 5.74) is -0.721. The maximum Gasteiger partial charge on any atom is 0.408 e. The zero-order valence-electron chi connectivity index (χ0n) is 18.4.